The molecule has 3 atom stereocenters. The molecule has 0 bridgehead atoms. The lowest BCUT2D eigenvalue weighted by Crippen LogP contribution is -2.48. The second-order valence-electron chi connectivity index (χ2n) is 11.9. The third-order valence-electron chi connectivity index (χ3n) is 7.23. The molecule has 3 rings (SSSR count). The molecule has 2 aromatic rings. The number of carbonyl (C=O) groups is 3. The molecule has 0 aromatic heterocycles. The Kier molecular flexibility index (Phi) is 12.7. The normalized spacial score (nSPS) is 16.6. The van der Waals surface area contributed by atoms with Gasteiger partial charge in [-0.15, -0.1) is 0 Å². The second kappa shape index (κ2) is 15.9. The molecule has 1 saturated heterocycles. The number of nitrogens with one attached hydrogen (secondary N) is 1. The van der Waals surface area contributed by atoms with Crippen LogP contribution >= 0.6 is 11.6 Å². The van der Waals surface area contributed by atoms with Crippen LogP contribution in [0.3, 0.4) is 0 Å². The highest BCUT2D eigenvalue weighted by Crippen LogP contribution is 2.29. The quantitative estimate of drug-likeness (QED) is 0.307. The fourth-order valence-corrected chi connectivity index (χ4v) is 5.05. The summed E-state index contributed by atoms with van der Waals surface area (Å²) in [6.07, 6.45) is 0.572. The SMILES string of the molecule is CN(CCO[C@@H](c1cccc(Cl)c1)c1cccc(C(=O)NC[C@H](C[C@H]2CCCOC2)N(C)C(=O)OC(C)(C)C)c1)C(=O)O. The Morgan fingerprint density at radius 2 is 1.81 bits per heavy atom. The molecule has 0 saturated carbocycles. The maximum atomic E-state index is 13.4. The number of benzene rings is 2. The fourth-order valence-electron chi connectivity index (χ4n) is 4.85. The van der Waals surface area contributed by atoms with E-state index in [1.807, 2.05) is 39.0 Å². The third-order valence-corrected chi connectivity index (χ3v) is 7.46. The number of hydrogen-bond acceptors (Lipinski definition) is 6. The molecule has 10 nitrogen and oxygen atoms in total. The van der Waals surface area contributed by atoms with Gasteiger partial charge in [-0.25, -0.2) is 9.59 Å². The van der Waals surface area contributed by atoms with E-state index in [-0.39, 0.29) is 37.6 Å². The number of carboxylic acid groups (broad SMARTS) is 1. The summed E-state index contributed by atoms with van der Waals surface area (Å²) in [4.78, 5) is 40.2. The molecule has 2 aromatic carbocycles. The van der Waals surface area contributed by atoms with Crippen LogP contribution in [0.1, 0.15) is 67.6 Å². The van der Waals surface area contributed by atoms with Gasteiger partial charge >= 0.3 is 12.2 Å². The van der Waals surface area contributed by atoms with Crippen LogP contribution in [0.5, 0.6) is 0 Å². The van der Waals surface area contributed by atoms with E-state index in [0.717, 1.165) is 35.5 Å². The smallest absolute Gasteiger partial charge is 0.410 e. The summed E-state index contributed by atoms with van der Waals surface area (Å²) >= 11 is 6.26. The van der Waals surface area contributed by atoms with Crippen LogP contribution in [0.25, 0.3) is 0 Å². The number of amides is 3. The summed E-state index contributed by atoms with van der Waals surface area (Å²) in [5.41, 5.74) is 1.28. The maximum Gasteiger partial charge on any atom is 0.410 e. The molecule has 0 spiro atoms. The highest BCUT2D eigenvalue weighted by atomic mass is 35.5. The first-order valence-corrected chi connectivity index (χ1v) is 14.9. The van der Waals surface area contributed by atoms with Crippen LogP contribution in [-0.4, -0.2) is 91.6 Å². The van der Waals surface area contributed by atoms with E-state index in [1.54, 1.807) is 42.3 Å². The van der Waals surface area contributed by atoms with Crippen molar-refractivity contribution < 1.29 is 33.7 Å². The highest BCUT2D eigenvalue weighted by Gasteiger charge is 2.29. The third kappa shape index (κ3) is 11.0. The zero-order valence-electron chi connectivity index (χ0n) is 25.7. The molecular formula is C32H44ClN3O7. The number of ether oxygens (including phenoxy) is 3. The van der Waals surface area contributed by atoms with Crippen molar-refractivity contribution in [3.05, 3.63) is 70.2 Å². The Bertz CT molecular complexity index is 1230. The first kappa shape index (κ1) is 34.2. The van der Waals surface area contributed by atoms with Crippen molar-refractivity contribution in [3.8, 4) is 0 Å². The molecule has 236 valence electrons. The minimum absolute atomic E-state index is 0.139. The van der Waals surface area contributed by atoms with Crippen LogP contribution in [0.2, 0.25) is 5.02 Å². The summed E-state index contributed by atoms with van der Waals surface area (Å²) in [5.74, 6) is -0.0144. The average Bonchev–Trinajstić information content (AvgIpc) is 2.96. The van der Waals surface area contributed by atoms with E-state index >= 15 is 0 Å². The molecule has 1 aliphatic heterocycles. The Morgan fingerprint density at radius 3 is 2.44 bits per heavy atom. The molecule has 1 heterocycles. The largest absolute Gasteiger partial charge is 0.465 e. The minimum Gasteiger partial charge on any atom is -0.465 e. The monoisotopic (exact) mass is 617 g/mol. The predicted molar refractivity (Wildman–Crippen MR) is 165 cm³/mol. The molecule has 11 heteroatoms. The van der Waals surface area contributed by atoms with Crippen LogP contribution in [-0.2, 0) is 14.2 Å². The van der Waals surface area contributed by atoms with E-state index in [9.17, 15) is 19.5 Å². The summed E-state index contributed by atoms with van der Waals surface area (Å²) in [6.45, 7) is 7.39. The maximum absolute atomic E-state index is 13.4. The van der Waals surface area contributed by atoms with Gasteiger partial charge < -0.3 is 34.4 Å². The van der Waals surface area contributed by atoms with Gasteiger partial charge in [0, 0.05) is 51.0 Å². The average molecular weight is 618 g/mol. The molecule has 3 amide bonds. The number of rotatable bonds is 12. The minimum atomic E-state index is -1.05. The van der Waals surface area contributed by atoms with E-state index < -0.39 is 23.9 Å². The molecule has 1 aliphatic rings. The lowest BCUT2D eigenvalue weighted by Gasteiger charge is -2.34. The Labute approximate surface area is 259 Å². The first-order chi connectivity index (χ1) is 20.3. The molecule has 0 aliphatic carbocycles. The van der Waals surface area contributed by atoms with E-state index in [2.05, 4.69) is 5.32 Å². The van der Waals surface area contributed by atoms with Crippen molar-refractivity contribution in [2.45, 2.75) is 57.8 Å². The van der Waals surface area contributed by atoms with Crippen molar-refractivity contribution in [1.82, 2.24) is 15.1 Å². The van der Waals surface area contributed by atoms with Crippen LogP contribution in [0.15, 0.2) is 48.5 Å². The van der Waals surface area contributed by atoms with Gasteiger partial charge in [-0.3, -0.25) is 4.79 Å². The summed E-state index contributed by atoms with van der Waals surface area (Å²) in [7, 11) is 3.17. The van der Waals surface area contributed by atoms with E-state index in [4.69, 9.17) is 25.8 Å². The van der Waals surface area contributed by atoms with Gasteiger partial charge in [0.2, 0.25) is 0 Å². The Morgan fingerprint density at radius 1 is 1.12 bits per heavy atom. The molecule has 43 heavy (non-hydrogen) atoms. The molecule has 0 radical (unpaired) electrons. The van der Waals surface area contributed by atoms with Crippen LogP contribution < -0.4 is 5.32 Å². The number of hydrogen-bond donors (Lipinski definition) is 2. The standard InChI is InChI=1S/C32H44ClN3O7/c1-32(2,3)43-31(40)36(5)27(17-22-9-8-15-41-21-22)20-34-29(37)25-12-6-10-23(18-25)28(24-11-7-13-26(33)19-24)42-16-14-35(4)30(38)39/h6-7,10-13,18-19,22,27-28H,8-9,14-17,20-21H2,1-5H3,(H,34,37)(H,38,39)/t22-,27+,28-/m1/s1. The molecular weight excluding hydrogens is 574 g/mol. The number of likely N-dealkylation sites (N-methyl/N-ethyl adjacent to an activating group) is 2. The molecule has 0 unspecified atom stereocenters. The van der Waals surface area contributed by atoms with Crippen molar-refractivity contribution in [2.24, 2.45) is 5.92 Å². The van der Waals surface area contributed by atoms with Gasteiger partial charge in [-0.2, -0.15) is 0 Å². The van der Waals surface area contributed by atoms with Gasteiger partial charge in [0.15, 0.2) is 0 Å². The van der Waals surface area contributed by atoms with Gasteiger partial charge in [0.05, 0.1) is 12.6 Å². The van der Waals surface area contributed by atoms with Crippen molar-refractivity contribution in [2.75, 3.05) is 47.0 Å². The lowest BCUT2D eigenvalue weighted by atomic mass is 9.93. The summed E-state index contributed by atoms with van der Waals surface area (Å²) in [6, 6.07) is 14.0. The highest BCUT2D eigenvalue weighted by molar-refractivity contribution is 6.30. The van der Waals surface area contributed by atoms with Gasteiger partial charge in [-0.1, -0.05) is 35.9 Å². The van der Waals surface area contributed by atoms with Crippen molar-refractivity contribution >= 4 is 29.7 Å². The van der Waals surface area contributed by atoms with Gasteiger partial charge in [0.25, 0.3) is 5.91 Å². The van der Waals surface area contributed by atoms with Crippen molar-refractivity contribution in [3.63, 3.8) is 0 Å². The summed E-state index contributed by atoms with van der Waals surface area (Å²) < 4.78 is 17.4. The van der Waals surface area contributed by atoms with Crippen molar-refractivity contribution in [1.29, 1.82) is 0 Å². The second-order valence-corrected chi connectivity index (χ2v) is 12.3. The predicted octanol–water partition coefficient (Wildman–Crippen LogP) is 5.84. The van der Waals surface area contributed by atoms with Crippen LogP contribution in [0.4, 0.5) is 9.59 Å². The fraction of sp³-hybridized carbons (Fsp3) is 0.531. The lowest BCUT2D eigenvalue weighted by molar-refractivity contribution is 0.0112. The number of halogens is 1. The number of nitrogens with zero attached hydrogens (tertiary/aromatic N) is 2. The Balaban J connectivity index is 1.76. The van der Waals surface area contributed by atoms with Gasteiger partial charge in [-0.05, 0) is 81.3 Å². The number of carbonyl (C=O) groups excluding carboxylic acids is 2. The Hall–Kier alpha value is -3.34. The van der Waals surface area contributed by atoms with E-state index in [1.165, 1.54) is 7.05 Å². The first-order valence-electron chi connectivity index (χ1n) is 14.6. The zero-order chi connectivity index (χ0) is 31.6. The molecule has 1 fully saturated rings. The summed E-state index contributed by atoms with van der Waals surface area (Å²) in [5, 5.41) is 12.7. The molecule has 2 N–H and O–H groups in total. The van der Waals surface area contributed by atoms with E-state index in [0.29, 0.717) is 23.6 Å². The zero-order valence-corrected chi connectivity index (χ0v) is 26.4. The topological polar surface area (TPSA) is 118 Å². The van der Waals surface area contributed by atoms with Gasteiger partial charge in [0.1, 0.15) is 11.7 Å². The van der Waals surface area contributed by atoms with Crippen LogP contribution in [0, 0.1) is 5.92 Å².